The van der Waals surface area contributed by atoms with E-state index in [0.29, 0.717) is 0 Å². The van der Waals surface area contributed by atoms with Gasteiger partial charge in [0, 0.05) is 19.5 Å². The van der Waals surface area contributed by atoms with Gasteiger partial charge >= 0.3 is 0 Å². The van der Waals surface area contributed by atoms with Gasteiger partial charge in [-0.3, -0.25) is 0 Å². The minimum Gasteiger partial charge on any atom is -0.207 e. The lowest BCUT2D eigenvalue weighted by Crippen LogP contribution is -2.26. The Kier molecular flexibility index (Phi) is 4.98. The molecular formula is C15H15ClFNO2S. The molecule has 21 heavy (non-hydrogen) atoms. The molecule has 0 spiro atoms. The topological polar surface area (TPSA) is 37.4 Å². The van der Waals surface area contributed by atoms with Crippen molar-refractivity contribution in [3.05, 3.63) is 65.5 Å². The highest BCUT2D eigenvalue weighted by molar-refractivity contribution is 7.89. The molecule has 3 nitrogen and oxygen atoms in total. The van der Waals surface area contributed by atoms with Crippen LogP contribution >= 0.6 is 11.6 Å². The van der Waals surface area contributed by atoms with Crippen molar-refractivity contribution in [1.29, 1.82) is 0 Å². The van der Waals surface area contributed by atoms with Crippen molar-refractivity contribution >= 4 is 21.6 Å². The minimum atomic E-state index is -3.60. The van der Waals surface area contributed by atoms with Crippen LogP contribution in [0.15, 0.2) is 53.4 Å². The van der Waals surface area contributed by atoms with Gasteiger partial charge in [-0.2, -0.15) is 4.31 Å². The Labute approximate surface area is 129 Å². The quantitative estimate of drug-likeness (QED) is 0.789. The summed E-state index contributed by atoms with van der Waals surface area (Å²) >= 11 is 5.73. The summed E-state index contributed by atoms with van der Waals surface area (Å²) in [6.07, 6.45) is 0. The van der Waals surface area contributed by atoms with Gasteiger partial charge in [0.2, 0.25) is 10.0 Å². The molecule has 2 rings (SSSR count). The Balaban J connectivity index is 2.23. The third-order valence-corrected chi connectivity index (χ3v) is 5.19. The zero-order chi connectivity index (χ0) is 15.5. The third kappa shape index (κ3) is 3.81. The first kappa shape index (κ1) is 15.9. The maximum atomic E-state index is 12.9. The summed E-state index contributed by atoms with van der Waals surface area (Å²) in [4.78, 5) is 0.199. The number of benzene rings is 2. The maximum Gasteiger partial charge on any atom is 0.243 e. The first-order chi connectivity index (χ1) is 9.93. The Bertz CT molecular complexity index is 717. The Morgan fingerprint density at radius 2 is 1.76 bits per heavy atom. The molecule has 2 aromatic carbocycles. The molecule has 0 atom stereocenters. The maximum absolute atomic E-state index is 12.9. The minimum absolute atomic E-state index is 0.174. The standard InChI is InChI=1S/C15H15ClFNO2S/c1-18(11-12-5-7-14(17)8-6-12)21(19,20)15-4-2-3-13(9-15)10-16/h2-9H,10-11H2,1H3. The van der Waals surface area contributed by atoms with Gasteiger partial charge in [-0.05, 0) is 35.4 Å². The monoisotopic (exact) mass is 327 g/mol. The lowest BCUT2D eigenvalue weighted by atomic mass is 10.2. The van der Waals surface area contributed by atoms with Crippen LogP contribution in [0.3, 0.4) is 0 Å². The molecule has 0 saturated carbocycles. The molecule has 0 aliphatic rings. The van der Waals surface area contributed by atoms with E-state index in [1.165, 1.54) is 29.6 Å². The fourth-order valence-electron chi connectivity index (χ4n) is 1.90. The van der Waals surface area contributed by atoms with Gasteiger partial charge in [0.15, 0.2) is 0 Å². The SMILES string of the molecule is CN(Cc1ccc(F)cc1)S(=O)(=O)c1cccc(CCl)c1. The van der Waals surface area contributed by atoms with E-state index in [1.807, 2.05) is 0 Å². The van der Waals surface area contributed by atoms with Crippen LogP contribution in [-0.2, 0) is 22.4 Å². The number of rotatable bonds is 5. The molecule has 0 bridgehead atoms. The molecule has 0 amide bonds. The number of hydrogen-bond donors (Lipinski definition) is 0. The van der Waals surface area contributed by atoms with Gasteiger partial charge in [-0.25, -0.2) is 12.8 Å². The lowest BCUT2D eigenvalue weighted by molar-refractivity contribution is 0.466. The van der Waals surface area contributed by atoms with E-state index in [1.54, 1.807) is 30.3 Å². The summed E-state index contributed by atoms with van der Waals surface area (Å²) in [5.41, 5.74) is 1.46. The van der Waals surface area contributed by atoms with Gasteiger partial charge in [0.1, 0.15) is 5.82 Å². The van der Waals surface area contributed by atoms with Crippen LogP contribution in [0.5, 0.6) is 0 Å². The second kappa shape index (κ2) is 6.56. The lowest BCUT2D eigenvalue weighted by Gasteiger charge is -2.17. The molecule has 0 fully saturated rings. The van der Waals surface area contributed by atoms with E-state index in [-0.39, 0.29) is 23.1 Å². The molecule has 0 aliphatic heterocycles. The first-order valence-corrected chi connectivity index (χ1v) is 8.26. The molecule has 112 valence electrons. The molecule has 6 heteroatoms. The van der Waals surface area contributed by atoms with E-state index < -0.39 is 10.0 Å². The summed E-state index contributed by atoms with van der Waals surface area (Å²) in [6, 6.07) is 12.3. The van der Waals surface area contributed by atoms with Crippen molar-refractivity contribution in [3.8, 4) is 0 Å². The second-order valence-electron chi connectivity index (χ2n) is 4.67. The van der Waals surface area contributed by atoms with E-state index in [4.69, 9.17) is 11.6 Å². The molecule has 0 aliphatic carbocycles. The van der Waals surface area contributed by atoms with Crippen molar-refractivity contribution in [1.82, 2.24) is 4.31 Å². The zero-order valence-electron chi connectivity index (χ0n) is 11.5. The predicted molar refractivity (Wildman–Crippen MR) is 81.1 cm³/mol. The molecular weight excluding hydrogens is 313 g/mol. The Hall–Kier alpha value is -1.43. The third-order valence-electron chi connectivity index (χ3n) is 3.08. The highest BCUT2D eigenvalue weighted by atomic mass is 35.5. The van der Waals surface area contributed by atoms with Crippen LogP contribution in [0, 0.1) is 5.82 Å². The number of nitrogens with zero attached hydrogens (tertiary/aromatic N) is 1. The molecule has 0 unspecified atom stereocenters. The van der Waals surface area contributed by atoms with Gasteiger partial charge < -0.3 is 0 Å². The Morgan fingerprint density at radius 3 is 2.38 bits per heavy atom. The summed E-state index contributed by atoms with van der Waals surface area (Å²) in [5, 5.41) is 0. The van der Waals surface area contributed by atoms with Crippen molar-refractivity contribution in [2.45, 2.75) is 17.3 Å². The highest BCUT2D eigenvalue weighted by Gasteiger charge is 2.21. The van der Waals surface area contributed by atoms with Crippen molar-refractivity contribution in [3.63, 3.8) is 0 Å². The van der Waals surface area contributed by atoms with E-state index in [2.05, 4.69) is 0 Å². The van der Waals surface area contributed by atoms with Crippen molar-refractivity contribution in [2.75, 3.05) is 7.05 Å². The molecule has 0 saturated heterocycles. The molecule has 0 radical (unpaired) electrons. The number of halogens is 2. The normalized spacial score (nSPS) is 11.8. The molecule has 0 aromatic heterocycles. The van der Waals surface area contributed by atoms with Gasteiger partial charge in [0.25, 0.3) is 0 Å². The van der Waals surface area contributed by atoms with Crippen LogP contribution in [0.2, 0.25) is 0 Å². The van der Waals surface area contributed by atoms with Crippen LogP contribution in [0.25, 0.3) is 0 Å². The van der Waals surface area contributed by atoms with Gasteiger partial charge in [-0.1, -0.05) is 24.3 Å². The zero-order valence-corrected chi connectivity index (χ0v) is 13.0. The summed E-state index contributed by atoms with van der Waals surface area (Å²) in [7, 11) is -2.11. The predicted octanol–water partition coefficient (Wildman–Crippen LogP) is 3.39. The number of hydrogen-bond acceptors (Lipinski definition) is 2. The Morgan fingerprint density at radius 1 is 1.10 bits per heavy atom. The van der Waals surface area contributed by atoms with Crippen molar-refractivity contribution in [2.24, 2.45) is 0 Å². The summed E-state index contributed by atoms with van der Waals surface area (Å²) in [5.74, 6) is -0.0931. The van der Waals surface area contributed by atoms with Crippen LogP contribution in [-0.4, -0.2) is 19.8 Å². The van der Waals surface area contributed by atoms with Crippen LogP contribution in [0.4, 0.5) is 4.39 Å². The summed E-state index contributed by atoms with van der Waals surface area (Å²) in [6.45, 7) is 0.174. The second-order valence-corrected chi connectivity index (χ2v) is 6.98. The van der Waals surface area contributed by atoms with E-state index >= 15 is 0 Å². The average molecular weight is 328 g/mol. The fraction of sp³-hybridized carbons (Fsp3) is 0.200. The van der Waals surface area contributed by atoms with Gasteiger partial charge in [0.05, 0.1) is 4.90 Å². The molecule has 0 heterocycles. The van der Waals surface area contributed by atoms with E-state index in [0.717, 1.165) is 11.1 Å². The fourth-order valence-corrected chi connectivity index (χ4v) is 3.30. The average Bonchev–Trinajstić information content (AvgIpc) is 2.49. The molecule has 0 N–H and O–H groups in total. The van der Waals surface area contributed by atoms with Crippen molar-refractivity contribution < 1.29 is 12.8 Å². The highest BCUT2D eigenvalue weighted by Crippen LogP contribution is 2.19. The first-order valence-electron chi connectivity index (χ1n) is 6.29. The van der Waals surface area contributed by atoms with Gasteiger partial charge in [-0.15, -0.1) is 11.6 Å². The smallest absolute Gasteiger partial charge is 0.207 e. The largest absolute Gasteiger partial charge is 0.243 e. The number of sulfonamides is 1. The number of alkyl halides is 1. The van der Waals surface area contributed by atoms with Crippen LogP contribution < -0.4 is 0 Å². The summed E-state index contributed by atoms with van der Waals surface area (Å²) < 4.78 is 39.1. The van der Waals surface area contributed by atoms with Crippen LogP contribution in [0.1, 0.15) is 11.1 Å². The molecule has 2 aromatic rings. The van der Waals surface area contributed by atoms with E-state index in [9.17, 15) is 12.8 Å².